The van der Waals surface area contributed by atoms with Crippen LogP contribution in [0.3, 0.4) is 0 Å². The van der Waals surface area contributed by atoms with Crippen molar-refractivity contribution in [2.75, 3.05) is 7.11 Å². The molecule has 0 spiro atoms. The van der Waals surface area contributed by atoms with E-state index in [1.165, 1.54) is 6.08 Å². The van der Waals surface area contributed by atoms with Crippen molar-refractivity contribution >= 4 is 11.9 Å². The number of methoxy groups -OCH3 is 1. The minimum absolute atomic E-state index is 0.0425. The van der Waals surface area contributed by atoms with Crippen molar-refractivity contribution in [3.05, 3.63) is 12.7 Å². The highest BCUT2D eigenvalue weighted by molar-refractivity contribution is 5.99. The van der Waals surface area contributed by atoms with Crippen molar-refractivity contribution in [2.45, 2.75) is 12.8 Å². The Morgan fingerprint density at radius 1 is 1.71 bits per heavy atom. The monoisotopic (exact) mass is 196 g/mol. The molecule has 0 fully saturated rings. The first-order valence-corrected chi connectivity index (χ1v) is 3.91. The zero-order valence-electron chi connectivity index (χ0n) is 7.95. The van der Waals surface area contributed by atoms with Gasteiger partial charge in [-0.15, -0.1) is 18.9 Å². The normalized spacial score (nSPS) is 13.4. The van der Waals surface area contributed by atoms with E-state index >= 15 is 0 Å². The van der Waals surface area contributed by atoms with Crippen LogP contribution in [0.1, 0.15) is 12.8 Å². The first-order valence-electron chi connectivity index (χ1n) is 3.91. The molecule has 0 aliphatic rings. The summed E-state index contributed by atoms with van der Waals surface area (Å²) in [7, 11) is 1.12. The van der Waals surface area contributed by atoms with Gasteiger partial charge in [-0.25, -0.2) is 0 Å². The Bertz CT molecular complexity index is 287. The lowest BCUT2D eigenvalue weighted by molar-refractivity contribution is -0.166. The van der Waals surface area contributed by atoms with Gasteiger partial charge in [-0.3, -0.25) is 9.59 Å². The molecule has 1 atom stereocenters. The predicted octanol–water partition coefficient (Wildman–Crippen LogP) is 0.830. The summed E-state index contributed by atoms with van der Waals surface area (Å²) in [4.78, 5) is 22.3. The molecule has 1 N–H and O–H groups in total. The summed E-state index contributed by atoms with van der Waals surface area (Å²) in [5.41, 5.74) is -1.69. The summed E-state index contributed by atoms with van der Waals surface area (Å²) in [6.45, 7) is 3.39. The minimum atomic E-state index is -1.69. The molecule has 0 aromatic heterocycles. The number of carbonyl (C=O) groups is 2. The summed E-state index contributed by atoms with van der Waals surface area (Å²) in [5.74, 6) is 0.0263. The highest BCUT2D eigenvalue weighted by Gasteiger charge is 2.45. The van der Waals surface area contributed by atoms with Gasteiger partial charge >= 0.3 is 11.9 Å². The van der Waals surface area contributed by atoms with Crippen molar-refractivity contribution in [2.24, 2.45) is 5.41 Å². The second-order valence-electron chi connectivity index (χ2n) is 2.75. The van der Waals surface area contributed by atoms with Crippen molar-refractivity contribution in [1.29, 1.82) is 0 Å². The fraction of sp³-hybridized carbons (Fsp3) is 0.400. The van der Waals surface area contributed by atoms with Gasteiger partial charge in [0.2, 0.25) is 0 Å². The van der Waals surface area contributed by atoms with Crippen LogP contribution in [0.2, 0.25) is 0 Å². The number of carbonyl (C=O) groups excluding carboxylic acids is 1. The Hall–Kier alpha value is -1.76. The van der Waals surface area contributed by atoms with Gasteiger partial charge in [-0.2, -0.15) is 0 Å². The average molecular weight is 196 g/mol. The van der Waals surface area contributed by atoms with Crippen LogP contribution >= 0.6 is 0 Å². The first-order chi connectivity index (χ1) is 6.55. The largest absolute Gasteiger partial charge is 0.480 e. The molecule has 1 unspecified atom stereocenters. The quantitative estimate of drug-likeness (QED) is 0.306. The van der Waals surface area contributed by atoms with Crippen LogP contribution in [-0.4, -0.2) is 24.2 Å². The Morgan fingerprint density at radius 3 is 2.57 bits per heavy atom. The molecule has 76 valence electrons. The van der Waals surface area contributed by atoms with Gasteiger partial charge in [0.05, 0.1) is 7.11 Å². The predicted molar refractivity (Wildman–Crippen MR) is 50.3 cm³/mol. The lowest BCUT2D eigenvalue weighted by Crippen LogP contribution is -2.39. The molecule has 0 radical (unpaired) electrons. The molecule has 0 aromatic rings. The van der Waals surface area contributed by atoms with Gasteiger partial charge in [-0.1, -0.05) is 6.08 Å². The molecule has 0 aromatic carbocycles. The third kappa shape index (κ3) is 2.13. The van der Waals surface area contributed by atoms with Crippen molar-refractivity contribution < 1.29 is 19.4 Å². The molecule has 14 heavy (non-hydrogen) atoms. The minimum Gasteiger partial charge on any atom is -0.480 e. The number of hydrogen-bond donors (Lipinski definition) is 1. The topological polar surface area (TPSA) is 63.6 Å². The van der Waals surface area contributed by atoms with Crippen LogP contribution in [0.5, 0.6) is 0 Å². The molecule has 0 saturated carbocycles. The number of carboxylic acid groups (broad SMARTS) is 1. The maximum Gasteiger partial charge on any atom is 0.324 e. The number of rotatable bonds is 5. The number of terminal acetylenes is 1. The second kappa shape index (κ2) is 5.07. The van der Waals surface area contributed by atoms with Gasteiger partial charge in [0.25, 0.3) is 0 Å². The van der Waals surface area contributed by atoms with Crippen molar-refractivity contribution in [3.8, 4) is 12.3 Å². The molecule has 0 saturated heterocycles. The zero-order chi connectivity index (χ0) is 11.2. The van der Waals surface area contributed by atoms with Crippen LogP contribution in [0.4, 0.5) is 0 Å². The summed E-state index contributed by atoms with van der Waals surface area (Å²) < 4.78 is 4.42. The van der Waals surface area contributed by atoms with Gasteiger partial charge in [0.1, 0.15) is 0 Å². The average Bonchev–Trinajstić information content (AvgIpc) is 2.15. The van der Waals surface area contributed by atoms with Gasteiger partial charge in [0, 0.05) is 6.42 Å². The first kappa shape index (κ1) is 12.2. The summed E-state index contributed by atoms with van der Waals surface area (Å²) >= 11 is 0. The van der Waals surface area contributed by atoms with Gasteiger partial charge < -0.3 is 9.84 Å². The lowest BCUT2D eigenvalue weighted by Gasteiger charge is -2.22. The standard InChI is InChI=1S/C10H12O4/c1-4-6-10(7-5-2,8(11)12)9(13)14-3/h1,5H,2,6-7H2,3H3,(H,11,12). The SMILES string of the molecule is C#CCC(CC=C)(C(=O)O)C(=O)OC. The highest BCUT2D eigenvalue weighted by atomic mass is 16.5. The third-order valence-corrected chi connectivity index (χ3v) is 1.88. The van der Waals surface area contributed by atoms with Crippen LogP contribution in [-0.2, 0) is 14.3 Å². The number of allylic oxidation sites excluding steroid dienone is 1. The Balaban J connectivity index is 5.15. The van der Waals surface area contributed by atoms with Crippen LogP contribution < -0.4 is 0 Å². The van der Waals surface area contributed by atoms with E-state index in [1.54, 1.807) is 0 Å². The highest BCUT2D eigenvalue weighted by Crippen LogP contribution is 2.28. The van der Waals surface area contributed by atoms with Gasteiger partial charge in [-0.05, 0) is 6.42 Å². The lowest BCUT2D eigenvalue weighted by atomic mass is 9.81. The van der Waals surface area contributed by atoms with E-state index < -0.39 is 17.4 Å². The molecular weight excluding hydrogens is 184 g/mol. The molecular formula is C10H12O4. The number of ether oxygens (including phenoxy) is 1. The third-order valence-electron chi connectivity index (χ3n) is 1.88. The molecule has 4 heteroatoms. The number of aliphatic carboxylic acids is 1. The van der Waals surface area contributed by atoms with Crippen LogP contribution in [0.25, 0.3) is 0 Å². The second-order valence-corrected chi connectivity index (χ2v) is 2.75. The molecule has 0 aliphatic carbocycles. The fourth-order valence-electron chi connectivity index (χ4n) is 1.09. The summed E-state index contributed by atoms with van der Waals surface area (Å²) in [6, 6.07) is 0. The van der Waals surface area contributed by atoms with E-state index in [1.807, 2.05) is 0 Å². The maximum absolute atomic E-state index is 11.3. The van der Waals surface area contributed by atoms with E-state index in [0.717, 1.165) is 7.11 Å². The van der Waals surface area contributed by atoms with Crippen molar-refractivity contribution in [3.63, 3.8) is 0 Å². The Kier molecular flexibility index (Phi) is 4.44. The smallest absolute Gasteiger partial charge is 0.324 e. The van der Waals surface area contributed by atoms with Gasteiger partial charge in [0.15, 0.2) is 5.41 Å². The van der Waals surface area contributed by atoms with E-state index in [9.17, 15) is 9.59 Å². The van der Waals surface area contributed by atoms with E-state index in [4.69, 9.17) is 11.5 Å². The van der Waals surface area contributed by atoms with Crippen LogP contribution in [0.15, 0.2) is 12.7 Å². The molecule has 0 amide bonds. The molecule has 0 heterocycles. The Morgan fingerprint density at radius 2 is 2.29 bits per heavy atom. The molecule has 4 nitrogen and oxygen atoms in total. The Labute approximate surface area is 82.6 Å². The van der Waals surface area contributed by atoms with Crippen LogP contribution in [0, 0.1) is 17.8 Å². The number of esters is 1. The van der Waals surface area contributed by atoms with E-state index in [0.29, 0.717) is 0 Å². The zero-order valence-corrected chi connectivity index (χ0v) is 7.95. The van der Waals surface area contributed by atoms with E-state index in [-0.39, 0.29) is 12.8 Å². The maximum atomic E-state index is 11.3. The number of hydrogen-bond acceptors (Lipinski definition) is 3. The summed E-state index contributed by atoms with van der Waals surface area (Å²) in [5, 5.41) is 8.94. The molecule has 0 bridgehead atoms. The number of carboxylic acids is 1. The summed E-state index contributed by atoms with van der Waals surface area (Å²) in [6.07, 6.45) is 6.11. The van der Waals surface area contributed by atoms with E-state index in [2.05, 4.69) is 17.2 Å². The molecule has 0 rings (SSSR count). The molecule has 0 aliphatic heterocycles. The fourth-order valence-corrected chi connectivity index (χ4v) is 1.09. The van der Waals surface area contributed by atoms with Crippen molar-refractivity contribution in [1.82, 2.24) is 0 Å².